The Kier molecular flexibility index (Phi) is 7.45. The molecule has 0 aliphatic carbocycles. The molecule has 1 aromatic heterocycles. The van der Waals surface area contributed by atoms with Gasteiger partial charge in [0.15, 0.2) is 5.96 Å². The van der Waals surface area contributed by atoms with Crippen molar-refractivity contribution in [1.82, 2.24) is 20.5 Å². The van der Waals surface area contributed by atoms with E-state index < -0.39 is 5.60 Å². The Labute approximate surface area is 162 Å². The van der Waals surface area contributed by atoms with Crippen molar-refractivity contribution < 1.29 is 9.53 Å². The van der Waals surface area contributed by atoms with Crippen LogP contribution in [0.3, 0.4) is 0 Å². The Balaban J connectivity index is 1.81. The van der Waals surface area contributed by atoms with E-state index in [2.05, 4.69) is 27.5 Å². The molecule has 1 unspecified atom stereocenters. The van der Waals surface area contributed by atoms with Gasteiger partial charge in [-0.15, -0.1) is 0 Å². The van der Waals surface area contributed by atoms with Crippen LogP contribution in [0, 0.1) is 6.92 Å². The fraction of sp³-hybridized carbons (Fsp3) is 0.650. The van der Waals surface area contributed by atoms with Gasteiger partial charge < -0.3 is 20.3 Å². The average molecular weight is 376 g/mol. The van der Waals surface area contributed by atoms with Crippen LogP contribution in [0.5, 0.6) is 0 Å². The molecule has 0 saturated carbocycles. The Morgan fingerprint density at radius 3 is 2.89 bits per heavy atom. The summed E-state index contributed by atoms with van der Waals surface area (Å²) >= 11 is 0. The zero-order chi connectivity index (χ0) is 19.9. The summed E-state index contributed by atoms with van der Waals surface area (Å²) in [5.74, 6) is 0.762. The molecule has 0 bridgehead atoms. The summed E-state index contributed by atoms with van der Waals surface area (Å²) < 4.78 is 5.49. The molecule has 1 aliphatic rings. The maximum atomic E-state index is 12.3. The van der Waals surface area contributed by atoms with E-state index in [1.165, 1.54) is 11.1 Å². The van der Waals surface area contributed by atoms with Crippen LogP contribution in [0.2, 0.25) is 0 Å². The number of carbonyl (C=O) groups is 1. The van der Waals surface area contributed by atoms with E-state index in [0.717, 1.165) is 38.3 Å². The van der Waals surface area contributed by atoms with Crippen LogP contribution in [0.15, 0.2) is 23.5 Å². The number of hydrogen-bond acceptors (Lipinski definition) is 4. The number of aryl methyl sites for hydroxylation is 1. The maximum absolute atomic E-state index is 12.3. The molecular weight excluding hydrogens is 342 g/mol. The van der Waals surface area contributed by atoms with Crippen molar-refractivity contribution >= 4 is 12.1 Å². The first-order valence-electron chi connectivity index (χ1n) is 9.63. The lowest BCUT2D eigenvalue weighted by Gasteiger charge is -2.35. The molecule has 0 spiro atoms. The van der Waals surface area contributed by atoms with Gasteiger partial charge in [0.05, 0.1) is 0 Å². The van der Waals surface area contributed by atoms with Gasteiger partial charge in [0.1, 0.15) is 5.60 Å². The van der Waals surface area contributed by atoms with Gasteiger partial charge in [-0.25, -0.2) is 4.79 Å². The number of guanidine groups is 1. The predicted octanol–water partition coefficient (Wildman–Crippen LogP) is 2.50. The fourth-order valence-corrected chi connectivity index (χ4v) is 3.07. The van der Waals surface area contributed by atoms with Crippen LogP contribution in [-0.2, 0) is 11.2 Å². The van der Waals surface area contributed by atoms with Crippen LogP contribution in [0.4, 0.5) is 4.79 Å². The second kappa shape index (κ2) is 9.58. The molecule has 0 radical (unpaired) electrons. The molecule has 1 saturated heterocycles. The highest BCUT2D eigenvalue weighted by Gasteiger charge is 2.27. The summed E-state index contributed by atoms with van der Waals surface area (Å²) in [6.07, 6.45) is 6.32. The van der Waals surface area contributed by atoms with Crippen molar-refractivity contribution in [3.8, 4) is 0 Å². The number of aliphatic imine (C=N–C) groups is 1. The van der Waals surface area contributed by atoms with E-state index in [0.29, 0.717) is 6.54 Å². The number of hydrogen-bond donors (Lipinski definition) is 2. The SMILES string of the molecule is CN=C(NCCc1ccncc1C)NC1CCCN(C(=O)OC(C)(C)C)C1. The molecule has 7 heteroatoms. The third-order valence-corrected chi connectivity index (χ3v) is 4.46. The molecule has 1 atom stereocenters. The number of aromatic nitrogens is 1. The van der Waals surface area contributed by atoms with E-state index in [1.807, 2.05) is 39.2 Å². The number of rotatable bonds is 4. The van der Waals surface area contributed by atoms with Crippen LogP contribution in [0.25, 0.3) is 0 Å². The second-order valence-electron chi connectivity index (χ2n) is 7.96. The van der Waals surface area contributed by atoms with E-state index in [-0.39, 0.29) is 12.1 Å². The molecule has 2 N–H and O–H groups in total. The van der Waals surface area contributed by atoms with Gasteiger partial charge in [0.25, 0.3) is 0 Å². The lowest BCUT2D eigenvalue weighted by Crippen LogP contribution is -2.53. The van der Waals surface area contributed by atoms with E-state index in [4.69, 9.17) is 4.74 Å². The summed E-state index contributed by atoms with van der Waals surface area (Å²) in [4.78, 5) is 22.5. The van der Waals surface area contributed by atoms with E-state index in [9.17, 15) is 4.79 Å². The number of nitrogens with one attached hydrogen (secondary N) is 2. The molecule has 7 nitrogen and oxygen atoms in total. The Morgan fingerprint density at radius 2 is 2.22 bits per heavy atom. The molecular formula is C20H33N5O2. The minimum absolute atomic E-state index is 0.167. The van der Waals surface area contributed by atoms with E-state index >= 15 is 0 Å². The van der Waals surface area contributed by atoms with Crippen molar-refractivity contribution in [3.05, 3.63) is 29.6 Å². The number of pyridine rings is 1. The Morgan fingerprint density at radius 1 is 1.44 bits per heavy atom. The predicted molar refractivity (Wildman–Crippen MR) is 108 cm³/mol. The standard InChI is InChI=1S/C20H33N5O2/c1-15-13-22-10-8-16(15)9-11-23-18(21-5)24-17-7-6-12-25(14-17)19(26)27-20(2,3)4/h8,10,13,17H,6-7,9,11-12,14H2,1-5H3,(H2,21,23,24). The van der Waals surface area contributed by atoms with Crippen LogP contribution in [-0.4, -0.2) is 60.3 Å². The maximum Gasteiger partial charge on any atom is 0.410 e. The van der Waals surface area contributed by atoms with Crippen LogP contribution >= 0.6 is 0 Å². The molecule has 150 valence electrons. The van der Waals surface area contributed by atoms with Gasteiger partial charge in [-0.3, -0.25) is 9.98 Å². The normalized spacial score (nSPS) is 18.2. The summed E-state index contributed by atoms with van der Waals surface area (Å²) in [5, 5.41) is 6.79. The average Bonchev–Trinajstić information content (AvgIpc) is 2.61. The highest BCUT2D eigenvalue weighted by atomic mass is 16.6. The van der Waals surface area contributed by atoms with Gasteiger partial charge in [-0.2, -0.15) is 0 Å². The molecule has 0 aromatic carbocycles. The molecule has 1 aliphatic heterocycles. The summed E-state index contributed by atoms with van der Waals surface area (Å²) in [6, 6.07) is 2.22. The first-order chi connectivity index (χ1) is 12.8. The number of amides is 1. The monoisotopic (exact) mass is 375 g/mol. The van der Waals surface area contributed by atoms with E-state index in [1.54, 1.807) is 11.9 Å². The lowest BCUT2D eigenvalue weighted by molar-refractivity contribution is 0.0193. The topological polar surface area (TPSA) is 78.9 Å². The minimum atomic E-state index is -0.472. The van der Waals surface area contributed by atoms with Crippen LogP contribution in [0.1, 0.15) is 44.7 Å². The molecule has 27 heavy (non-hydrogen) atoms. The molecule has 2 rings (SSSR count). The number of likely N-dealkylation sites (tertiary alicyclic amines) is 1. The zero-order valence-corrected chi connectivity index (χ0v) is 17.2. The smallest absolute Gasteiger partial charge is 0.410 e. The first-order valence-corrected chi connectivity index (χ1v) is 9.63. The third-order valence-electron chi connectivity index (χ3n) is 4.46. The first kappa shape index (κ1) is 21.0. The minimum Gasteiger partial charge on any atom is -0.444 e. The number of piperidine rings is 1. The van der Waals surface area contributed by atoms with Crippen molar-refractivity contribution in [1.29, 1.82) is 0 Å². The van der Waals surface area contributed by atoms with Gasteiger partial charge in [0, 0.05) is 45.1 Å². The summed E-state index contributed by atoms with van der Waals surface area (Å²) in [7, 11) is 1.77. The van der Waals surface area contributed by atoms with Gasteiger partial charge in [0.2, 0.25) is 0 Å². The number of ether oxygens (including phenoxy) is 1. The largest absolute Gasteiger partial charge is 0.444 e. The van der Waals surface area contributed by atoms with Gasteiger partial charge in [-0.1, -0.05) is 0 Å². The second-order valence-corrected chi connectivity index (χ2v) is 7.96. The molecule has 2 heterocycles. The summed E-state index contributed by atoms with van der Waals surface area (Å²) in [6.45, 7) is 9.89. The Bertz CT molecular complexity index is 654. The van der Waals surface area contributed by atoms with Gasteiger partial charge >= 0.3 is 6.09 Å². The van der Waals surface area contributed by atoms with Crippen molar-refractivity contribution in [3.63, 3.8) is 0 Å². The number of nitrogens with zero attached hydrogens (tertiary/aromatic N) is 3. The highest BCUT2D eigenvalue weighted by molar-refractivity contribution is 5.80. The van der Waals surface area contributed by atoms with Crippen molar-refractivity contribution in [2.45, 2.75) is 58.6 Å². The Hall–Kier alpha value is -2.31. The fourth-order valence-electron chi connectivity index (χ4n) is 3.07. The number of carbonyl (C=O) groups excluding carboxylic acids is 1. The summed E-state index contributed by atoms with van der Waals surface area (Å²) in [5.41, 5.74) is 2.00. The van der Waals surface area contributed by atoms with Crippen LogP contribution < -0.4 is 10.6 Å². The zero-order valence-electron chi connectivity index (χ0n) is 17.2. The highest BCUT2D eigenvalue weighted by Crippen LogP contribution is 2.15. The molecule has 1 fully saturated rings. The van der Waals surface area contributed by atoms with Gasteiger partial charge in [-0.05, 0) is 64.2 Å². The quantitative estimate of drug-likeness (QED) is 0.624. The van der Waals surface area contributed by atoms with Crippen molar-refractivity contribution in [2.75, 3.05) is 26.7 Å². The molecule has 1 aromatic rings. The molecule has 1 amide bonds. The lowest BCUT2D eigenvalue weighted by atomic mass is 10.1. The van der Waals surface area contributed by atoms with Crippen molar-refractivity contribution in [2.24, 2.45) is 4.99 Å². The third kappa shape index (κ3) is 7.07.